The van der Waals surface area contributed by atoms with Gasteiger partial charge in [0.05, 0.1) is 11.4 Å². The second kappa shape index (κ2) is 11.0. The Bertz CT molecular complexity index is 1260. The zero-order valence-electron chi connectivity index (χ0n) is 17.7. The van der Waals surface area contributed by atoms with Crippen LogP contribution in [0.3, 0.4) is 0 Å². The van der Waals surface area contributed by atoms with Crippen molar-refractivity contribution in [2.24, 2.45) is 0 Å². The van der Waals surface area contributed by atoms with E-state index < -0.39 is 6.61 Å². The number of rotatable bonds is 10. The number of alkyl halides is 2. The van der Waals surface area contributed by atoms with Crippen LogP contribution in [0.4, 0.5) is 13.9 Å². The second-order valence-corrected chi connectivity index (χ2v) is 8.65. The minimum Gasteiger partial charge on any atom is -0.435 e. The molecule has 0 saturated heterocycles. The SMILES string of the molecule is C=CCn1c(SCC(=O)Nc2nc(-c3ccccc3)cs2)nnc1-c1ccc(OC(F)F)cc1. The summed E-state index contributed by atoms with van der Waals surface area (Å²) in [6.07, 6.45) is 1.69. The van der Waals surface area contributed by atoms with Crippen LogP contribution in [-0.4, -0.2) is 38.0 Å². The Morgan fingerprint density at radius 1 is 1.15 bits per heavy atom. The Hall–Kier alpha value is -3.57. The highest BCUT2D eigenvalue weighted by Gasteiger charge is 2.16. The highest BCUT2D eigenvalue weighted by Crippen LogP contribution is 2.27. The van der Waals surface area contributed by atoms with Gasteiger partial charge in [-0.15, -0.1) is 28.1 Å². The predicted octanol–water partition coefficient (Wildman–Crippen LogP) is 5.59. The number of allylic oxidation sites excluding steroid dienone is 1. The predicted molar refractivity (Wildman–Crippen MR) is 129 cm³/mol. The summed E-state index contributed by atoms with van der Waals surface area (Å²) in [6, 6.07) is 15.8. The van der Waals surface area contributed by atoms with E-state index in [1.807, 2.05) is 35.7 Å². The molecule has 4 rings (SSSR count). The van der Waals surface area contributed by atoms with Crippen molar-refractivity contribution in [3.63, 3.8) is 0 Å². The number of anilines is 1. The molecule has 0 unspecified atom stereocenters. The second-order valence-electron chi connectivity index (χ2n) is 6.85. The van der Waals surface area contributed by atoms with E-state index in [4.69, 9.17) is 0 Å². The van der Waals surface area contributed by atoms with Gasteiger partial charge in [-0.3, -0.25) is 9.36 Å². The molecule has 7 nitrogen and oxygen atoms in total. The Labute approximate surface area is 202 Å². The molecule has 174 valence electrons. The molecule has 0 saturated carbocycles. The van der Waals surface area contributed by atoms with Crippen LogP contribution in [0.1, 0.15) is 0 Å². The van der Waals surface area contributed by atoms with E-state index in [1.165, 1.54) is 35.2 Å². The summed E-state index contributed by atoms with van der Waals surface area (Å²) in [4.78, 5) is 16.9. The van der Waals surface area contributed by atoms with E-state index in [2.05, 4.69) is 31.8 Å². The summed E-state index contributed by atoms with van der Waals surface area (Å²) >= 11 is 2.58. The molecule has 0 spiro atoms. The van der Waals surface area contributed by atoms with Gasteiger partial charge in [-0.1, -0.05) is 48.2 Å². The van der Waals surface area contributed by atoms with E-state index in [0.29, 0.717) is 28.2 Å². The standard InChI is InChI=1S/C23H19F2N5O2S2/c1-2-12-30-20(16-8-10-17(11-9-16)32-21(24)25)28-29-23(30)34-14-19(31)27-22-26-18(13-33-22)15-6-4-3-5-7-15/h2-11,13,21H,1,12,14H2,(H,26,27,31). The monoisotopic (exact) mass is 499 g/mol. The number of hydrogen-bond acceptors (Lipinski definition) is 7. The first kappa shape index (κ1) is 23.6. The molecule has 0 atom stereocenters. The molecule has 11 heteroatoms. The number of thioether (sulfide) groups is 1. The molecule has 2 aromatic heterocycles. The number of hydrogen-bond donors (Lipinski definition) is 1. The van der Waals surface area contributed by atoms with Crippen molar-refractivity contribution in [3.05, 3.63) is 72.6 Å². The lowest BCUT2D eigenvalue weighted by Crippen LogP contribution is -2.14. The average molecular weight is 500 g/mol. The summed E-state index contributed by atoms with van der Waals surface area (Å²) in [5.74, 6) is 0.467. The van der Waals surface area contributed by atoms with Gasteiger partial charge < -0.3 is 10.1 Å². The molecule has 0 aliphatic rings. The van der Waals surface area contributed by atoms with Crippen molar-refractivity contribution < 1.29 is 18.3 Å². The van der Waals surface area contributed by atoms with Crippen LogP contribution in [0, 0.1) is 0 Å². The van der Waals surface area contributed by atoms with E-state index in [0.717, 1.165) is 11.3 Å². The van der Waals surface area contributed by atoms with Gasteiger partial charge >= 0.3 is 6.61 Å². The molecule has 1 N–H and O–H groups in total. The topological polar surface area (TPSA) is 81.9 Å². The first-order chi connectivity index (χ1) is 16.5. The molecule has 0 radical (unpaired) electrons. The van der Waals surface area contributed by atoms with Crippen LogP contribution in [-0.2, 0) is 11.3 Å². The van der Waals surface area contributed by atoms with Crippen LogP contribution in [0.5, 0.6) is 5.75 Å². The summed E-state index contributed by atoms with van der Waals surface area (Å²) < 4.78 is 30.9. The fraction of sp³-hybridized carbons (Fsp3) is 0.130. The molecule has 1 amide bonds. The lowest BCUT2D eigenvalue weighted by Gasteiger charge is -2.09. The largest absolute Gasteiger partial charge is 0.435 e. The van der Waals surface area contributed by atoms with Gasteiger partial charge in [-0.2, -0.15) is 8.78 Å². The molecule has 0 bridgehead atoms. The number of nitrogens with zero attached hydrogens (tertiary/aromatic N) is 4. The van der Waals surface area contributed by atoms with Crippen molar-refractivity contribution >= 4 is 34.1 Å². The number of thiazole rings is 1. The van der Waals surface area contributed by atoms with Gasteiger partial charge in [0, 0.05) is 23.1 Å². The number of aromatic nitrogens is 4. The molecule has 2 heterocycles. The van der Waals surface area contributed by atoms with Crippen LogP contribution in [0.15, 0.2) is 77.8 Å². The summed E-state index contributed by atoms with van der Waals surface area (Å²) in [7, 11) is 0. The maximum Gasteiger partial charge on any atom is 0.387 e. The van der Waals surface area contributed by atoms with E-state index in [1.54, 1.807) is 22.8 Å². The molecule has 2 aromatic carbocycles. The Morgan fingerprint density at radius 3 is 2.62 bits per heavy atom. The van der Waals surface area contributed by atoms with Gasteiger partial charge in [-0.05, 0) is 24.3 Å². The molecular formula is C23H19F2N5O2S2. The van der Waals surface area contributed by atoms with Crippen molar-refractivity contribution in [2.45, 2.75) is 18.3 Å². The third kappa shape index (κ3) is 5.86. The van der Waals surface area contributed by atoms with Gasteiger partial charge in [0.25, 0.3) is 0 Å². The van der Waals surface area contributed by atoms with Gasteiger partial charge in [0.1, 0.15) is 5.75 Å². The zero-order chi connectivity index (χ0) is 23.9. The maximum atomic E-state index is 12.5. The lowest BCUT2D eigenvalue weighted by atomic mass is 10.2. The maximum absolute atomic E-state index is 12.5. The number of nitrogens with one attached hydrogen (secondary N) is 1. The Morgan fingerprint density at radius 2 is 1.91 bits per heavy atom. The fourth-order valence-electron chi connectivity index (χ4n) is 3.05. The Balaban J connectivity index is 1.41. The van der Waals surface area contributed by atoms with Crippen LogP contribution >= 0.6 is 23.1 Å². The van der Waals surface area contributed by atoms with Crippen molar-refractivity contribution in [1.29, 1.82) is 0 Å². The van der Waals surface area contributed by atoms with E-state index in [9.17, 15) is 13.6 Å². The molecule has 0 aliphatic carbocycles. The molecule has 0 aliphatic heterocycles. The van der Waals surface area contributed by atoms with Crippen molar-refractivity contribution in [3.8, 4) is 28.4 Å². The molecule has 0 fully saturated rings. The number of benzene rings is 2. The Kier molecular flexibility index (Phi) is 7.65. The highest BCUT2D eigenvalue weighted by atomic mass is 32.2. The minimum atomic E-state index is -2.89. The van der Waals surface area contributed by atoms with Gasteiger partial charge in [-0.25, -0.2) is 4.98 Å². The summed E-state index contributed by atoms with van der Waals surface area (Å²) in [5.41, 5.74) is 2.45. The van der Waals surface area contributed by atoms with Crippen molar-refractivity contribution in [2.75, 3.05) is 11.1 Å². The first-order valence-corrected chi connectivity index (χ1v) is 11.9. The summed E-state index contributed by atoms with van der Waals surface area (Å²) in [6.45, 7) is 1.28. The molecule has 4 aromatic rings. The molecular weight excluding hydrogens is 480 g/mol. The number of carbonyl (C=O) groups excluding carboxylic acids is 1. The van der Waals surface area contributed by atoms with Crippen LogP contribution in [0.2, 0.25) is 0 Å². The highest BCUT2D eigenvalue weighted by molar-refractivity contribution is 7.99. The average Bonchev–Trinajstić information content (AvgIpc) is 3.46. The van der Waals surface area contributed by atoms with Crippen LogP contribution < -0.4 is 10.1 Å². The quantitative estimate of drug-likeness (QED) is 0.226. The first-order valence-electron chi connectivity index (χ1n) is 10.1. The molecule has 34 heavy (non-hydrogen) atoms. The van der Waals surface area contributed by atoms with Crippen molar-refractivity contribution in [1.82, 2.24) is 19.7 Å². The number of halogens is 2. The number of carbonyl (C=O) groups is 1. The lowest BCUT2D eigenvalue weighted by molar-refractivity contribution is -0.113. The third-order valence-corrected chi connectivity index (χ3v) is 6.24. The third-order valence-electron chi connectivity index (χ3n) is 4.52. The number of amides is 1. The van der Waals surface area contributed by atoms with E-state index >= 15 is 0 Å². The normalized spacial score (nSPS) is 10.9. The number of ether oxygens (including phenoxy) is 1. The zero-order valence-corrected chi connectivity index (χ0v) is 19.4. The fourth-order valence-corrected chi connectivity index (χ4v) is 4.53. The minimum absolute atomic E-state index is 0.0532. The van der Waals surface area contributed by atoms with Gasteiger partial charge in [0.15, 0.2) is 16.1 Å². The smallest absolute Gasteiger partial charge is 0.387 e. The van der Waals surface area contributed by atoms with Crippen LogP contribution in [0.25, 0.3) is 22.6 Å². The summed E-state index contributed by atoms with van der Waals surface area (Å²) in [5, 5.41) is 14.1. The van der Waals surface area contributed by atoms with E-state index in [-0.39, 0.29) is 17.4 Å². The van der Waals surface area contributed by atoms with Gasteiger partial charge in [0.2, 0.25) is 5.91 Å².